The summed E-state index contributed by atoms with van der Waals surface area (Å²) < 4.78 is 35.5. The highest BCUT2D eigenvalue weighted by atomic mass is 35.5. The molecule has 20 heavy (non-hydrogen) atoms. The Labute approximate surface area is 118 Å². The first-order valence-electron chi connectivity index (χ1n) is 5.66. The maximum Gasteiger partial charge on any atom is 0.405 e. The highest BCUT2D eigenvalue weighted by Gasteiger charge is 2.27. The van der Waals surface area contributed by atoms with Crippen molar-refractivity contribution in [2.45, 2.75) is 12.6 Å². The minimum atomic E-state index is -4.45. The van der Waals surface area contributed by atoms with Gasteiger partial charge in [-0.05, 0) is 12.1 Å². The number of hydrogen-bond acceptors (Lipinski definition) is 2. The van der Waals surface area contributed by atoms with Crippen LogP contribution in [0.1, 0.15) is 16.8 Å². The van der Waals surface area contributed by atoms with E-state index in [0.717, 1.165) is 0 Å². The topological polar surface area (TPSA) is 58.2 Å². The minimum Gasteiger partial charge on any atom is -0.351 e. The van der Waals surface area contributed by atoms with Gasteiger partial charge in [0.05, 0.1) is 10.6 Å². The summed E-state index contributed by atoms with van der Waals surface area (Å²) in [4.78, 5) is 22.7. The lowest BCUT2D eigenvalue weighted by Gasteiger charge is -2.09. The van der Waals surface area contributed by atoms with Crippen molar-refractivity contribution >= 4 is 23.4 Å². The molecule has 0 unspecified atom stereocenters. The Morgan fingerprint density at radius 1 is 1.15 bits per heavy atom. The third kappa shape index (κ3) is 5.92. The van der Waals surface area contributed by atoms with Gasteiger partial charge < -0.3 is 10.6 Å². The molecule has 0 aliphatic rings. The summed E-state index contributed by atoms with van der Waals surface area (Å²) in [5, 5.41) is 4.36. The first-order valence-corrected chi connectivity index (χ1v) is 6.03. The molecule has 1 aromatic carbocycles. The first-order chi connectivity index (χ1) is 9.29. The van der Waals surface area contributed by atoms with Crippen molar-refractivity contribution in [3.05, 3.63) is 34.9 Å². The number of carbonyl (C=O) groups excluding carboxylic acids is 2. The number of amides is 2. The third-order valence-electron chi connectivity index (χ3n) is 2.24. The lowest BCUT2D eigenvalue weighted by molar-refractivity contribution is -0.138. The molecule has 0 spiro atoms. The summed E-state index contributed by atoms with van der Waals surface area (Å²) in [6.07, 6.45) is -4.69. The maximum atomic E-state index is 11.8. The molecule has 2 N–H and O–H groups in total. The highest BCUT2D eigenvalue weighted by Crippen LogP contribution is 2.14. The van der Waals surface area contributed by atoms with Gasteiger partial charge in [-0.25, -0.2) is 0 Å². The van der Waals surface area contributed by atoms with E-state index in [1.165, 1.54) is 12.1 Å². The van der Waals surface area contributed by atoms with Gasteiger partial charge in [-0.15, -0.1) is 0 Å². The summed E-state index contributed by atoms with van der Waals surface area (Å²) >= 11 is 5.80. The number of halogens is 4. The van der Waals surface area contributed by atoms with Crippen LogP contribution >= 0.6 is 11.6 Å². The molecule has 1 aromatic rings. The number of alkyl halides is 3. The Kier molecular flexibility index (Phi) is 5.82. The molecule has 0 aromatic heterocycles. The van der Waals surface area contributed by atoms with E-state index >= 15 is 0 Å². The van der Waals surface area contributed by atoms with E-state index in [-0.39, 0.29) is 23.6 Å². The normalized spacial score (nSPS) is 11.0. The quantitative estimate of drug-likeness (QED) is 0.875. The molecule has 1 rings (SSSR count). The zero-order valence-electron chi connectivity index (χ0n) is 10.3. The Bertz CT molecular complexity index is 492. The average molecular weight is 309 g/mol. The summed E-state index contributed by atoms with van der Waals surface area (Å²) in [5.74, 6) is -1.28. The molecule has 0 saturated carbocycles. The molecular weight excluding hydrogens is 297 g/mol. The second-order valence-corrected chi connectivity index (χ2v) is 4.28. The molecule has 0 bridgehead atoms. The number of nitrogens with one attached hydrogen (secondary N) is 2. The lowest BCUT2D eigenvalue weighted by atomic mass is 10.2. The number of benzene rings is 1. The predicted octanol–water partition coefficient (Wildman–Crippen LogP) is 2.14. The molecule has 8 heteroatoms. The van der Waals surface area contributed by atoms with Crippen molar-refractivity contribution in [3.8, 4) is 0 Å². The fourth-order valence-electron chi connectivity index (χ4n) is 1.32. The van der Waals surface area contributed by atoms with Crippen molar-refractivity contribution in [1.29, 1.82) is 0 Å². The number of hydrogen-bond donors (Lipinski definition) is 2. The van der Waals surface area contributed by atoms with Crippen LogP contribution in [0.2, 0.25) is 5.02 Å². The van der Waals surface area contributed by atoms with E-state index in [2.05, 4.69) is 5.32 Å². The van der Waals surface area contributed by atoms with E-state index in [1.807, 2.05) is 0 Å². The van der Waals surface area contributed by atoms with Crippen LogP contribution in [-0.4, -0.2) is 31.1 Å². The van der Waals surface area contributed by atoms with Crippen LogP contribution in [0.4, 0.5) is 13.2 Å². The second kappa shape index (κ2) is 7.14. The second-order valence-electron chi connectivity index (χ2n) is 3.88. The highest BCUT2D eigenvalue weighted by molar-refractivity contribution is 6.33. The van der Waals surface area contributed by atoms with E-state index in [1.54, 1.807) is 17.4 Å². The van der Waals surface area contributed by atoms with Crippen LogP contribution in [0.25, 0.3) is 0 Å². The minimum absolute atomic E-state index is 0.0756. The van der Waals surface area contributed by atoms with Gasteiger partial charge in [0.15, 0.2) is 0 Å². The molecule has 2 amide bonds. The molecule has 0 aliphatic carbocycles. The smallest absolute Gasteiger partial charge is 0.351 e. The van der Waals surface area contributed by atoms with E-state index in [0.29, 0.717) is 0 Å². The van der Waals surface area contributed by atoms with Gasteiger partial charge in [-0.1, -0.05) is 23.7 Å². The third-order valence-corrected chi connectivity index (χ3v) is 2.57. The zero-order valence-corrected chi connectivity index (χ0v) is 11.0. The number of rotatable bonds is 5. The molecular formula is C12H12ClF3N2O2. The van der Waals surface area contributed by atoms with Crippen molar-refractivity contribution in [1.82, 2.24) is 10.6 Å². The van der Waals surface area contributed by atoms with Crippen molar-refractivity contribution in [2.24, 2.45) is 0 Å². The molecule has 0 saturated heterocycles. The molecule has 0 radical (unpaired) electrons. The van der Waals surface area contributed by atoms with E-state index < -0.39 is 24.5 Å². The van der Waals surface area contributed by atoms with Crippen molar-refractivity contribution in [2.75, 3.05) is 13.1 Å². The fourth-order valence-corrected chi connectivity index (χ4v) is 1.54. The summed E-state index contributed by atoms with van der Waals surface area (Å²) in [7, 11) is 0. The number of carbonyl (C=O) groups is 2. The summed E-state index contributed by atoms with van der Waals surface area (Å²) in [6, 6.07) is 6.31. The summed E-state index contributed by atoms with van der Waals surface area (Å²) in [5.41, 5.74) is 0.241. The van der Waals surface area contributed by atoms with Gasteiger partial charge >= 0.3 is 6.18 Å². The Morgan fingerprint density at radius 2 is 1.80 bits per heavy atom. The van der Waals surface area contributed by atoms with Gasteiger partial charge in [-0.3, -0.25) is 9.59 Å². The zero-order chi connectivity index (χ0) is 15.2. The molecule has 0 atom stereocenters. The molecule has 0 fully saturated rings. The van der Waals surface area contributed by atoms with Crippen LogP contribution in [-0.2, 0) is 4.79 Å². The van der Waals surface area contributed by atoms with E-state index in [4.69, 9.17) is 11.6 Å². The Morgan fingerprint density at radius 3 is 2.40 bits per heavy atom. The monoisotopic (exact) mass is 308 g/mol. The van der Waals surface area contributed by atoms with Gasteiger partial charge in [0.25, 0.3) is 5.91 Å². The predicted molar refractivity (Wildman–Crippen MR) is 67.5 cm³/mol. The molecule has 110 valence electrons. The maximum absolute atomic E-state index is 11.8. The van der Waals surface area contributed by atoms with Crippen LogP contribution < -0.4 is 10.6 Å². The van der Waals surface area contributed by atoms with Gasteiger partial charge in [0.1, 0.15) is 6.54 Å². The van der Waals surface area contributed by atoms with Crippen LogP contribution in [0.3, 0.4) is 0 Å². The fraction of sp³-hybridized carbons (Fsp3) is 0.333. The molecule has 0 aliphatic heterocycles. The first kappa shape index (κ1) is 16.3. The largest absolute Gasteiger partial charge is 0.405 e. The molecule has 0 heterocycles. The van der Waals surface area contributed by atoms with E-state index in [9.17, 15) is 22.8 Å². The lowest BCUT2D eigenvalue weighted by Crippen LogP contribution is -2.36. The van der Waals surface area contributed by atoms with Gasteiger partial charge in [0, 0.05) is 13.0 Å². The van der Waals surface area contributed by atoms with Crippen LogP contribution in [0.15, 0.2) is 24.3 Å². The van der Waals surface area contributed by atoms with Crippen LogP contribution in [0.5, 0.6) is 0 Å². The van der Waals surface area contributed by atoms with Crippen molar-refractivity contribution < 1.29 is 22.8 Å². The van der Waals surface area contributed by atoms with Crippen molar-refractivity contribution in [3.63, 3.8) is 0 Å². The standard InChI is InChI=1S/C12H12ClF3N2O2/c13-9-4-2-1-3-8(9)11(20)17-6-5-10(19)18-7-12(14,15)16/h1-4H,5-7H2,(H,17,20)(H,18,19). The average Bonchev–Trinajstić information content (AvgIpc) is 2.36. The molecule has 4 nitrogen and oxygen atoms in total. The summed E-state index contributed by atoms with van der Waals surface area (Å²) in [6.45, 7) is -1.46. The van der Waals surface area contributed by atoms with Crippen LogP contribution in [0, 0.1) is 0 Å². The Hall–Kier alpha value is -1.76. The van der Waals surface area contributed by atoms with Gasteiger partial charge in [0.2, 0.25) is 5.91 Å². The SMILES string of the molecule is O=C(CCNC(=O)c1ccccc1Cl)NCC(F)(F)F. The van der Waals surface area contributed by atoms with Gasteiger partial charge in [-0.2, -0.15) is 13.2 Å². The Balaban J connectivity index is 2.33.